The molecule has 0 amide bonds. The van der Waals surface area contributed by atoms with Crippen LogP contribution in [-0.4, -0.2) is 149 Å². The van der Waals surface area contributed by atoms with Crippen LogP contribution in [0.4, 0.5) is 0 Å². The lowest BCUT2D eigenvalue weighted by molar-refractivity contribution is -0.320. The maximum atomic E-state index is 15.0. The maximum absolute atomic E-state index is 15.0. The maximum Gasteiger partial charge on any atom is 0.311 e. The number of methoxy groups -OCH3 is 1. The molecule has 6 heterocycles. The fourth-order valence-corrected chi connectivity index (χ4v) is 11.9. The van der Waals surface area contributed by atoms with Crippen LogP contribution in [0.25, 0.3) is 10.7 Å². The van der Waals surface area contributed by atoms with E-state index in [1.165, 1.54) is 18.4 Å². The SMILES string of the molecule is C=C1CO[C@]2(C)[C@@H](CC)OC(=O)[C@H](C)[C@@H](O[C@H]3C[C@@](C)(OC)C(O)[C@H](C)O3)[C@H](C)[C@@H](O[C@@H]3O[C@H](C)C[C@H](N(C)C)[C@H]3O)[C@](C)(OCC#Cc3ccc(-c4ncccn4)s3)CC(C)C(=O)C(C)[C@H]12. The summed E-state index contributed by atoms with van der Waals surface area (Å²) < 4.78 is 52.7. The third-order valence-electron chi connectivity index (χ3n) is 14.9. The second-order valence-electron chi connectivity index (χ2n) is 20.2. The van der Waals surface area contributed by atoms with Gasteiger partial charge in [0.05, 0.1) is 57.9 Å². The average Bonchev–Trinajstić information content (AvgIpc) is 3.90. The van der Waals surface area contributed by atoms with Crippen LogP contribution in [0.3, 0.4) is 0 Å². The van der Waals surface area contributed by atoms with Gasteiger partial charge in [-0.25, -0.2) is 9.97 Å². The number of fused-ring (bicyclic) bond motifs is 1. The van der Waals surface area contributed by atoms with Gasteiger partial charge in [0.2, 0.25) is 0 Å². The Hall–Kier alpha value is -3.18. The number of rotatable bonds is 10. The molecular formula is C51H75N3O12S. The number of hydrogen-bond acceptors (Lipinski definition) is 16. The molecule has 0 spiro atoms. The Morgan fingerprint density at radius 1 is 0.970 bits per heavy atom. The second kappa shape index (κ2) is 21.9. The number of thiophene rings is 1. The number of hydrogen-bond donors (Lipinski definition) is 2. The summed E-state index contributed by atoms with van der Waals surface area (Å²) in [4.78, 5) is 42.2. The van der Waals surface area contributed by atoms with Crippen molar-refractivity contribution in [1.82, 2.24) is 14.9 Å². The quantitative estimate of drug-likeness (QED) is 0.156. The zero-order valence-corrected chi connectivity index (χ0v) is 42.5. The summed E-state index contributed by atoms with van der Waals surface area (Å²) in [5.74, 6) is 3.13. The first-order chi connectivity index (χ1) is 31.6. The molecule has 15 nitrogen and oxygen atoms in total. The zero-order chi connectivity index (χ0) is 49.2. The Labute approximate surface area is 401 Å². The van der Waals surface area contributed by atoms with Gasteiger partial charge in [0, 0.05) is 55.6 Å². The third-order valence-corrected chi connectivity index (χ3v) is 15.9. The molecule has 2 aromatic heterocycles. The molecule has 67 heavy (non-hydrogen) atoms. The Kier molecular flexibility index (Phi) is 17.3. The number of aliphatic hydroxyl groups is 2. The number of aromatic nitrogens is 2. The molecule has 4 aliphatic heterocycles. The number of likely N-dealkylation sites (N-methyl/N-ethyl adjacent to an activating group) is 1. The summed E-state index contributed by atoms with van der Waals surface area (Å²) in [6.07, 6.45) is -3.19. The molecule has 0 saturated carbocycles. The van der Waals surface area contributed by atoms with Crippen LogP contribution < -0.4 is 0 Å². The minimum Gasteiger partial charge on any atom is -0.459 e. The van der Waals surface area contributed by atoms with Gasteiger partial charge in [0.15, 0.2) is 18.4 Å². The highest BCUT2D eigenvalue weighted by Gasteiger charge is 2.57. The van der Waals surface area contributed by atoms with E-state index in [0.29, 0.717) is 18.7 Å². The number of carbonyl (C=O) groups excluding carboxylic acids is 2. The summed E-state index contributed by atoms with van der Waals surface area (Å²) in [7, 11) is 5.34. The fourth-order valence-electron chi connectivity index (χ4n) is 11.1. The van der Waals surface area contributed by atoms with Gasteiger partial charge in [-0.3, -0.25) is 9.59 Å². The Balaban J connectivity index is 1.48. The minimum absolute atomic E-state index is 0.0407. The van der Waals surface area contributed by atoms with Crippen molar-refractivity contribution in [3.05, 3.63) is 47.6 Å². The van der Waals surface area contributed by atoms with Gasteiger partial charge in [-0.15, -0.1) is 11.3 Å². The Morgan fingerprint density at radius 2 is 1.67 bits per heavy atom. The smallest absolute Gasteiger partial charge is 0.311 e. The number of nitrogens with zero attached hydrogens (tertiary/aromatic N) is 3. The van der Waals surface area contributed by atoms with Crippen LogP contribution in [0.15, 0.2) is 42.7 Å². The van der Waals surface area contributed by atoms with Gasteiger partial charge in [-0.2, -0.15) is 0 Å². The lowest BCUT2D eigenvalue weighted by Crippen LogP contribution is -2.61. The van der Waals surface area contributed by atoms with Gasteiger partial charge in [-0.1, -0.05) is 46.1 Å². The number of ether oxygens (including phenoxy) is 8. The number of aliphatic hydroxyl groups excluding tert-OH is 2. The normalized spacial score (nSPS) is 41.3. The molecule has 0 radical (unpaired) electrons. The second-order valence-corrected chi connectivity index (χ2v) is 21.3. The molecular weight excluding hydrogens is 879 g/mol. The van der Waals surface area contributed by atoms with Crippen molar-refractivity contribution < 1.29 is 57.7 Å². The zero-order valence-electron chi connectivity index (χ0n) is 41.7. The molecule has 0 bridgehead atoms. The summed E-state index contributed by atoms with van der Waals surface area (Å²) in [5, 5.41) is 23.2. The summed E-state index contributed by atoms with van der Waals surface area (Å²) >= 11 is 1.46. The molecule has 372 valence electrons. The molecule has 16 heteroatoms. The minimum atomic E-state index is -1.34. The summed E-state index contributed by atoms with van der Waals surface area (Å²) in [5.41, 5.74) is -2.68. The number of cyclic esters (lactones) is 1. The van der Waals surface area contributed by atoms with E-state index in [-0.39, 0.29) is 44.0 Å². The van der Waals surface area contributed by atoms with Crippen molar-refractivity contribution in [1.29, 1.82) is 0 Å². The van der Waals surface area contributed by atoms with Gasteiger partial charge in [-0.05, 0) is 98.7 Å². The van der Waals surface area contributed by atoms with E-state index < -0.39 is 102 Å². The highest BCUT2D eigenvalue weighted by molar-refractivity contribution is 7.15. The van der Waals surface area contributed by atoms with Crippen LogP contribution in [-0.2, 0) is 47.5 Å². The van der Waals surface area contributed by atoms with E-state index >= 15 is 0 Å². The summed E-state index contributed by atoms with van der Waals surface area (Å²) in [6, 6.07) is 5.30. The fraction of sp³-hybridized carbons (Fsp3) is 0.725. The number of carbonyl (C=O) groups is 2. The molecule has 4 aliphatic rings. The van der Waals surface area contributed by atoms with E-state index in [2.05, 4.69) is 28.4 Å². The van der Waals surface area contributed by atoms with Crippen LogP contribution >= 0.6 is 11.3 Å². The number of Topliss-reactive ketones (excluding diaryl/α,β-unsaturated/α-hetero) is 1. The molecule has 4 fully saturated rings. The molecule has 18 atom stereocenters. The Bertz CT molecular complexity index is 2080. The first kappa shape index (κ1) is 53.2. The highest BCUT2D eigenvalue weighted by atomic mass is 32.1. The average molecular weight is 954 g/mol. The van der Waals surface area contributed by atoms with Crippen LogP contribution in [0.2, 0.25) is 0 Å². The number of ketones is 1. The first-order valence-corrected chi connectivity index (χ1v) is 24.6. The lowest BCUT2D eigenvalue weighted by atomic mass is 9.69. The van der Waals surface area contributed by atoms with Gasteiger partial charge in [0.25, 0.3) is 0 Å². The largest absolute Gasteiger partial charge is 0.459 e. The van der Waals surface area contributed by atoms with Crippen molar-refractivity contribution in [3.8, 4) is 22.5 Å². The van der Waals surface area contributed by atoms with E-state index in [9.17, 15) is 19.8 Å². The predicted octanol–water partition coefficient (Wildman–Crippen LogP) is 6.23. The topological polar surface area (TPSA) is 177 Å². The third kappa shape index (κ3) is 11.4. The molecule has 2 N–H and O–H groups in total. The molecule has 2 aromatic rings. The number of esters is 1. The molecule has 4 saturated heterocycles. The van der Waals surface area contributed by atoms with Crippen molar-refractivity contribution in [2.24, 2.45) is 29.6 Å². The molecule has 0 aromatic carbocycles. The van der Waals surface area contributed by atoms with E-state index in [0.717, 1.165) is 15.3 Å². The van der Waals surface area contributed by atoms with Crippen molar-refractivity contribution >= 4 is 23.1 Å². The molecule has 3 unspecified atom stereocenters. The van der Waals surface area contributed by atoms with Crippen molar-refractivity contribution in [2.45, 2.75) is 173 Å². The lowest BCUT2D eigenvalue weighted by Gasteiger charge is -2.50. The first-order valence-electron chi connectivity index (χ1n) is 23.8. The molecule has 0 aliphatic carbocycles. The van der Waals surface area contributed by atoms with Gasteiger partial charge in [0.1, 0.15) is 36.3 Å². The van der Waals surface area contributed by atoms with E-state index in [1.807, 2.05) is 79.6 Å². The van der Waals surface area contributed by atoms with Crippen LogP contribution in [0.1, 0.15) is 99.8 Å². The van der Waals surface area contributed by atoms with Crippen molar-refractivity contribution in [2.75, 3.05) is 34.4 Å². The van der Waals surface area contributed by atoms with Crippen LogP contribution in [0, 0.1) is 41.4 Å². The molecule has 6 rings (SSSR count). The standard InChI is InChI=1S/C51H75N3O12S/c1-15-38-51(11)40(29(3)27-61-51)31(5)41(55)28(2)25-50(10,60-23-16-18-35-19-20-37(67-35)46-52-21-17-22-53-46)45(66-48-42(56)36(54(12)13)24-30(4)62-48)32(6)43(33(7)47(58)64-38)65-39-26-49(9,59-14)44(57)34(8)63-39/h17,19-22,28,30-34,36,38-40,42-45,48,56-57H,3,15,23-27H2,1-2,4-14H3/t28?,30-,31?,32+,33-,34+,36+,38-,39+,40+,42-,43+,44?,45-,48+,49-,50-,51-/m1/s1. The predicted molar refractivity (Wildman–Crippen MR) is 253 cm³/mol. The summed E-state index contributed by atoms with van der Waals surface area (Å²) in [6.45, 7) is 23.2. The van der Waals surface area contributed by atoms with Crippen LogP contribution in [0.5, 0.6) is 0 Å². The Morgan fingerprint density at radius 3 is 2.33 bits per heavy atom. The van der Waals surface area contributed by atoms with Gasteiger partial charge >= 0.3 is 5.97 Å². The van der Waals surface area contributed by atoms with Gasteiger partial charge < -0.3 is 53.0 Å². The van der Waals surface area contributed by atoms with Crippen molar-refractivity contribution in [3.63, 3.8) is 0 Å². The monoisotopic (exact) mass is 954 g/mol. The highest BCUT2D eigenvalue weighted by Crippen LogP contribution is 2.47. The van der Waals surface area contributed by atoms with E-state index in [4.69, 9.17) is 37.9 Å². The van der Waals surface area contributed by atoms with E-state index in [1.54, 1.807) is 39.2 Å².